The van der Waals surface area contributed by atoms with E-state index in [1.54, 1.807) is 0 Å². The minimum atomic E-state index is 0.0893. The summed E-state index contributed by atoms with van der Waals surface area (Å²) in [6.07, 6.45) is 3.49. The molecule has 0 aromatic heterocycles. The van der Waals surface area contributed by atoms with Crippen LogP contribution in [0.4, 0.5) is 11.4 Å². The van der Waals surface area contributed by atoms with E-state index in [-0.39, 0.29) is 12.5 Å². The van der Waals surface area contributed by atoms with Crippen LogP contribution in [-0.2, 0) is 4.79 Å². The van der Waals surface area contributed by atoms with Crippen molar-refractivity contribution in [1.82, 2.24) is 0 Å². The van der Waals surface area contributed by atoms with E-state index in [1.807, 2.05) is 18.2 Å². The van der Waals surface area contributed by atoms with Crippen molar-refractivity contribution in [3.05, 3.63) is 24.3 Å². The summed E-state index contributed by atoms with van der Waals surface area (Å²) in [6.45, 7) is 6.41. The predicted molar refractivity (Wildman–Crippen MR) is 91.2 cm³/mol. The third kappa shape index (κ3) is 4.73. The molecule has 1 heterocycles. The van der Waals surface area contributed by atoms with Crippen LogP contribution in [0.2, 0.25) is 0 Å². The maximum Gasteiger partial charge on any atom is 0.224 e. The van der Waals surface area contributed by atoms with Gasteiger partial charge < -0.3 is 15.3 Å². The summed E-state index contributed by atoms with van der Waals surface area (Å²) in [5.41, 5.74) is 2.00. The Morgan fingerprint density at radius 1 is 1.32 bits per heavy atom. The summed E-state index contributed by atoms with van der Waals surface area (Å²) >= 11 is 0. The van der Waals surface area contributed by atoms with Crippen LogP contribution in [0.15, 0.2) is 24.3 Å². The van der Waals surface area contributed by atoms with Gasteiger partial charge in [0.1, 0.15) is 0 Å². The van der Waals surface area contributed by atoms with Crippen molar-refractivity contribution in [3.63, 3.8) is 0 Å². The number of piperidine rings is 1. The summed E-state index contributed by atoms with van der Waals surface area (Å²) in [7, 11) is 0. The van der Waals surface area contributed by atoms with Gasteiger partial charge in [-0.25, -0.2) is 0 Å². The van der Waals surface area contributed by atoms with Gasteiger partial charge in [0, 0.05) is 26.1 Å². The highest BCUT2D eigenvalue weighted by molar-refractivity contribution is 5.94. The lowest BCUT2D eigenvalue weighted by Gasteiger charge is -2.34. The summed E-state index contributed by atoms with van der Waals surface area (Å²) in [5, 5.41) is 12.3. The first-order valence-corrected chi connectivity index (χ1v) is 8.35. The van der Waals surface area contributed by atoms with E-state index in [9.17, 15) is 9.90 Å². The fourth-order valence-corrected chi connectivity index (χ4v) is 2.84. The zero-order valence-corrected chi connectivity index (χ0v) is 13.7. The first-order valence-electron chi connectivity index (χ1n) is 8.35. The molecule has 1 amide bonds. The molecule has 0 unspecified atom stereocenters. The normalized spacial score (nSPS) is 16.1. The molecule has 1 fully saturated rings. The molecule has 22 heavy (non-hydrogen) atoms. The topological polar surface area (TPSA) is 52.6 Å². The Hall–Kier alpha value is -1.55. The quantitative estimate of drug-likeness (QED) is 0.848. The highest BCUT2D eigenvalue weighted by Gasteiger charge is 2.20. The number of hydrogen-bond acceptors (Lipinski definition) is 3. The molecule has 1 aromatic carbocycles. The summed E-state index contributed by atoms with van der Waals surface area (Å²) in [5.74, 6) is 1.05. The number of benzene rings is 1. The van der Waals surface area contributed by atoms with Crippen LogP contribution in [0.25, 0.3) is 0 Å². The number of nitrogens with zero attached hydrogens (tertiary/aromatic N) is 1. The number of amides is 1. The van der Waals surface area contributed by atoms with E-state index in [1.165, 1.54) is 0 Å². The Labute approximate surface area is 133 Å². The standard InChI is InChI=1S/C18H28N2O2/c1-14(2)7-8-18(22)19-16-5-3-4-6-17(16)20-11-9-15(13-21)10-12-20/h3-6,14-15,21H,7-13H2,1-2H3,(H,19,22). The average Bonchev–Trinajstić information content (AvgIpc) is 2.53. The van der Waals surface area contributed by atoms with E-state index in [4.69, 9.17) is 0 Å². The van der Waals surface area contributed by atoms with Gasteiger partial charge in [0.15, 0.2) is 0 Å². The molecule has 1 saturated heterocycles. The monoisotopic (exact) mass is 304 g/mol. The van der Waals surface area contributed by atoms with Crippen molar-refractivity contribution in [2.24, 2.45) is 11.8 Å². The minimum absolute atomic E-state index is 0.0893. The highest BCUT2D eigenvalue weighted by atomic mass is 16.3. The lowest BCUT2D eigenvalue weighted by atomic mass is 9.97. The zero-order valence-electron chi connectivity index (χ0n) is 13.7. The molecule has 122 valence electrons. The predicted octanol–water partition coefficient (Wildman–Crippen LogP) is 3.27. The number of para-hydroxylation sites is 2. The maximum atomic E-state index is 12.1. The first-order chi connectivity index (χ1) is 10.6. The molecule has 4 heteroatoms. The molecule has 0 radical (unpaired) electrons. The van der Waals surface area contributed by atoms with Gasteiger partial charge in [-0.3, -0.25) is 4.79 Å². The number of carbonyl (C=O) groups excluding carboxylic acids is 1. The second kappa shape index (κ2) is 8.18. The van der Waals surface area contributed by atoms with Crippen molar-refractivity contribution in [3.8, 4) is 0 Å². The van der Waals surface area contributed by atoms with Crippen molar-refractivity contribution in [2.45, 2.75) is 39.5 Å². The van der Waals surface area contributed by atoms with E-state index in [2.05, 4.69) is 30.1 Å². The second-order valence-corrected chi connectivity index (χ2v) is 6.61. The Morgan fingerprint density at radius 3 is 2.64 bits per heavy atom. The van der Waals surface area contributed by atoms with Gasteiger partial charge >= 0.3 is 0 Å². The van der Waals surface area contributed by atoms with Crippen LogP contribution in [0.5, 0.6) is 0 Å². The summed E-state index contributed by atoms with van der Waals surface area (Å²) < 4.78 is 0. The average molecular weight is 304 g/mol. The van der Waals surface area contributed by atoms with Crippen LogP contribution >= 0.6 is 0 Å². The molecule has 0 atom stereocenters. The highest BCUT2D eigenvalue weighted by Crippen LogP contribution is 2.29. The number of anilines is 2. The zero-order chi connectivity index (χ0) is 15.9. The molecule has 0 saturated carbocycles. The molecule has 2 rings (SSSR count). The number of rotatable bonds is 6. The van der Waals surface area contributed by atoms with Crippen molar-refractivity contribution < 1.29 is 9.90 Å². The van der Waals surface area contributed by atoms with Crippen molar-refractivity contribution in [2.75, 3.05) is 29.9 Å². The third-order valence-corrected chi connectivity index (χ3v) is 4.34. The fraction of sp³-hybridized carbons (Fsp3) is 0.611. The molecule has 1 aliphatic rings. The second-order valence-electron chi connectivity index (χ2n) is 6.61. The van der Waals surface area contributed by atoms with Crippen LogP contribution in [0.3, 0.4) is 0 Å². The maximum absolute atomic E-state index is 12.1. The van der Waals surface area contributed by atoms with Crippen LogP contribution in [-0.4, -0.2) is 30.7 Å². The number of nitrogens with one attached hydrogen (secondary N) is 1. The minimum Gasteiger partial charge on any atom is -0.396 e. The Kier molecular flexibility index (Phi) is 6.25. The number of hydrogen-bond donors (Lipinski definition) is 2. The molecule has 1 aromatic rings. The van der Waals surface area contributed by atoms with Crippen LogP contribution in [0, 0.1) is 11.8 Å². The van der Waals surface area contributed by atoms with Gasteiger partial charge in [0.2, 0.25) is 5.91 Å². The lowest BCUT2D eigenvalue weighted by molar-refractivity contribution is -0.116. The molecule has 4 nitrogen and oxygen atoms in total. The smallest absolute Gasteiger partial charge is 0.224 e. The van der Waals surface area contributed by atoms with E-state index in [0.717, 1.165) is 43.7 Å². The van der Waals surface area contributed by atoms with Crippen LogP contribution in [0.1, 0.15) is 39.5 Å². The Morgan fingerprint density at radius 2 is 2.00 bits per heavy atom. The molecular formula is C18H28N2O2. The van der Waals surface area contributed by atoms with E-state index >= 15 is 0 Å². The van der Waals surface area contributed by atoms with E-state index < -0.39 is 0 Å². The van der Waals surface area contributed by atoms with Crippen LogP contribution < -0.4 is 10.2 Å². The largest absolute Gasteiger partial charge is 0.396 e. The van der Waals surface area contributed by atoms with Gasteiger partial charge in [0.05, 0.1) is 11.4 Å². The fourth-order valence-electron chi connectivity index (χ4n) is 2.84. The van der Waals surface area contributed by atoms with Crippen molar-refractivity contribution >= 4 is 17.3 Å². The van der Waals surface area contributed by atoms with Gasteiger partial charge in [-0.05, 0) is 43.2 Å². The Balaban J connectivity index is 1.99. The lowest BCUT2D eigenvalue weighted by Crippen LogP contribution is -2.35. The number of aliphatic hydroxyl groups is 1. The van der Waals surface area contributed by atoms with Gasteiger partial charge in [-0.15, -0.1) is 0 Å². The van der Waals surface area contributed by atoms with Gasteiger partial charge in [0.25, 0.3) is 0 Å². The molecule has 1 aliphatic heterocycles. The number of aliphatic hydroxyl groups excluding tert-OH is 1. The summed E-state index contributed by atoms with van der Waals surface area (Å²) in [4.78, 5) is 14.4. The molecule has 0 bridgehead atoms. The number of carbonyl (C=O) groups is 1. The molecule has 2 N–H and O–H groups in total. The first kappa shape index (κ1) is 16.8. The molecule has 0 spiro atoms. The SMILES string of the molecule is CC(C)CCC(=O)Nc1ccccc1N1CCC(CO)CC1. The van der Waals surface area contributed by atoms with Crippen molar-refractivity contribution in [1.29, 1.82) is 0 Å². The van der Waals surface area contributed by atoms with Gasteiger partial charge in [-0.2, -0.15) is 0 Å². The third-order valence-electron chi connectivity index (χ3n) is 4.34. The van der Waals surface area contributed by atoms with E-state index in [0.29, 0.717) is 18.3 Å². The Bertz CT molecular complexity index is 480. The summed E-state index contributed by atoms with van der Waals surface area (Å²) in [6, 6.07) is 8.01. The molecular weight excluding hydrogens is 276 g/mol. The molecule has 0 aliphatic carbocycles. The van der Waals surface area contributed by atoms with Gasteiger partial charge in [-0.1, -0.05) is 26.0 Å².